The number of hydrogen-bond donors (Lipinski definition) is 2. The Hall–Kier alpha value is -1.06. The predicted molar refractivity (Wildman–Crippen MR) is 48.8 cm³/mol. The zero-order valence-corrected chi connectivity index (χ0v) is 7.21. The van der Waals surface area contributed by atoms with Gasteiger partial charge in [0.2, 0.25) is 0 Å². The van der Waals surface area contributed by atoms with Crippen molar-refractivity contribution in [1.29, 1.82) is 0 Å². The normalized spacial score (nSPS) is 9.92. The Kier molecular flexibility index (Phi) is 3.08. The summed E-state index contributed by atoms with van der Waals surface area (Å²) in [5.41, 5.74) is 13.2. The van der Waals surface area contributed by atoms with E-state index in [1.165, 1.54) is 0 Å². The summed E-state index contributed by atoms with van der Waals surface area (Å²) in [5, 5.41) is 0. The van der Waals surface area contributed by atoms with E-state index in [0.29, 0.717) is 13.1 Å². The van der Waals surface area contributed by atoms with Crippen LogP contribution in [0.15, 0.2) is 18.2 Å². The highest BCUT2D eigenvalue weighted by Gasteiger charge is 2.00. The lowest BCUT2D eigenvalue weighted by Crippen LogP contribution is -2.05. The molecule has 0 heterocycles. The van der Waals surface area contributed by atoms with Gasteiger partial charge in [0, 0.05) is 13.1 Å². The molecule has 0 unspecified atom stereocenters. The Morgan fingerprint density at radius 1 is 1.17 bits per heavy atom. The first-order valence-electron chi connectivity index (χ1n) is 3.87. The van der Waals surface area contributed by atoms with E-state index in [0.717, 1.165) is 16.9 Å². The summed E-state index contributed by atoms with van der Waals surface area (Å²) in [6.45, 7) is 1.03. The third-order valence-electron chi connectivity index (χ3n) is 1.85. The third-order valence-corrected chi connectivity index (χ3v) is 1.85. The van der Waals surface area contributed by atoms with E-state index in [-0.39, 0.29) is 0 Å². The molecule has 0 bridgehead atoms. The van der Waals surface area contributed by atoms with Crippen molar-refractivity contribution in [1.82, 2.24) is 0 Å². The SMILES string of the molecule is COc1ccc(CN)c(CN)c1. The van der Waals surface area contributed by atoms with E-state index in [1.54, 1.807) is 7.11 Å². The molecule has 0 amide bonds. The molecule has 66 valence electrons. The van der Waals surface area contributed by atoms with Gasteiger partial charge in [-0.25, -0.2) is 0 Å². The van der Waals surface area contributed by atoms with Crippen molar-refractivity contribution in [3.63, 3.8) is 0 Å². The van der Waals surface area contributed by atoms with Gasteiger partial charge in [-0.3, -0.25) is 0 Å². The maximum atomic E-state index is 5.54. The van der Waals surface area contributed by atoms with Crippen molar-refractivity contribution in [2.45, 2.75) is 13.1 Å². The Bertz CT molecular complexity index is 261. The van der Waals surface area contributed by atoms with Crippen LogP contribution in [0.3, 0.4) is 0 Å². The molecule has 0 spiro atoms. The second-order valence-corrected chi connectivity index (χ2v) is 2.54. The highest BCUT2D eigenvalue weighted by atomic mass is 16.5. The summed E-state index contributed by atoms with van der Waals surface area (Å²) >= 11 is 0. The van der Waals surface area contributed by atoms with Crippen LogP contribution in [0, 0.1) is 0 Å². The molecule has 0 radical (unpaired) electrons. The Morgan fingerprint density at radius 3 is 2.33 bits per heavy atom. The van der Waals surface area contributed by atoms with E-state index >= 15 is 0 Å². The minimum Gasteiger partial charge on any atom is -0.497 e. The number of nitrogens with two attached hydrogens (primary N) is 2. The Labute approximate surface area is 72.3 Å². The van der Waals surface area contributed by atoms with Crippen LogP contribution >= 0.6 is 0 Å². The molecule has 4 N–H and O–H groups in total. The summed E-state index contributed by atoms with van der Waals surface area (Å²) < 4.78 is 5.06. The highest BCUT2D eigenvalue weighted by molar-refractivity contribution is 5.35. The Morgan fingerprint density at radius 2 is 1.83 bits per heavy atom. The highest BCUT2D eigenvalue weighted by Crippen LogP contribution is 2.16. The molecular formula is C9H14N2O. The van der Waals surface area contributed by atoms with Gasteiger partial charge < -0.3 is 16.2 Å². The van der Waals surface area contributed by atoms with E-state index in [2.05, 4.69) is 0 Å². The number of rotatable bonds is 3. The van der Waals surface area contributed by atoms with Gasteiger partial charge in [-0.2, -0.15) is 0 Å². The average Bonchev–Trinajstić information content (AvgIpc) is 2.16. The predicted octanol–water partition coefficient (Wildman–Crippen LogP) is 0.613. The first kappa shape index (κ1) is 9.03. The largest absolute Gasteiger partial charge is 0.497 e. The molecule has 0 atom stereocenters. The second kappa shape index (κ2) is 4.09. The molecule has 0 aliphatic carbocycles. The van der Waals surface area contributed by atoms with Crippen molar-refractivity contribution < 1.29 is 4.74 Å². The first-order valence-corrected chi connectivity index (χ1v) is 3.87. The molecule has 1 aromatic rings. The molecule has 0 saturated carbocycles. The van der Waals surface area contributed by atoms with Gasteiger partial charge in [0.15, 0.2) is 0 Å². The van der Waals surface area contributed by atoms with Gasteiger partial charge in [0.05, 0.1) is 7.11 Å². The van der Waals surface area contributed by atoms with Crippen LogP contribution in [-0.4, -0.2) is 7.11 Å². The molecule has 0 fully saturated rings. The quantitative estimate of drug-likeness (QED) is 0.691. The smallest absolute Gasteiger partial charge is 0.119 e. The fourth-order valence-electron chi connectivity index (χ4n) is 1.12. The van der Waals surface area contributed by atoms with E-state index in [1.807, 2.05) is 18.2 Å². The van der Waals surface area contributed by atoms with Crippen LogP contribution in [0.4, 0.5) is 0 Å². The molecule has 0 aromatic heterocycles. The zero-order valence-electron chi connectivity index (χ0n) is 7.21. The second-order valence-electron chi connectivity index (χ2n) is 2.54. The zero-order chi connectivity index (χ0) is 8.97. The average molecular weight is 166 g/mol. The third kappa shape index (κ3) is 1.75. The molecule has 0 aliphatic rings. The van der Waals surface area contributed by atoms with E-state index in [4.69, 9.17) is 16.2 Å². The monoisotopic (exact) mass is 166 g/mol. The molecule has 1 rings (SSSR count). The van der Waals surface area contributed by atoms with Crippen LogP contribution in [0.25, 0.3) is 0 Å². The van der Waals surface area contributed by atoms with Crippen LogP contribution in [-0.2, 0) is 13.1 Å². The first-order chi connectivity index (χ1) is 5.81. The van der Waals surface area contributed by atoms with Crippen molar-refractivity contribution in [2.24, 2.45) is 11.5 Å². The van der Waals surface area contributed by atoms with E-state index < -0.39 is 0 Å². The summed E-state index contributed by atoms with van der Waals surface area (Å²) in [6.07, 6.45) is 0. The lowest BCUT2D eigenvalue weighted by Gasteiger charge is -2.07. The number of ether oxygens (including phenoxy) is 1. The minimum atomic E-state index is 0.504. The maximum absolute atomic E-state index is 5.54. The molecule has 0 aliphatic heterocycles. The van der Waals surface area contributed by atoms with Crippen molar-refractivity contribution in [3.05, 3.63) is 29.3 Å². The maximum Gasteiger partial charge on any atom is 0.119 e. The van der Waals surface area contributed by atoms with Gasteiger partial charge in [-0.1, -0.05) is 6.07 Å². The van der Waals surface area contributed by atoms with Crippen LogP contribution < -0.4 is 16.2 Å². The number of benzene rings is 1. The van der Waals surface area contributed by atoms with Gasteiger partial charge in [0.1, 0.15) is 5.75 Å². The number of methoxy groups -OCH3 is 1. The van der Waals surface area contributed by atoms with Gasteiger partial charge in [-0.15, -0.1) is 0 Å². The molecular weight excluding hydrogens is 152 g/mol. The molecule has 3 nitrogen and oxygen atoms in total. The Balaban J connectivity index is 3.02. The molecule has 0 saturated heterocycles. The minimum absolute atomic E-state index is 0.504. The summed E-state index contributed by atoms with van der Waals surface area (Å²) in [6, 6.07) is 5.75. The molecule has 1 aromatic carbocycles. The fraction of sp³-hybridized carbons (Fsp3) is 0.333. The van der Waals surface area contributed by atoms with E-state index in [9.17, 15) is 0 Å². The summed E-state index contributed by atoms with van der Waals surface area (Å²) in [5.74, 6) is 0.827. The van der Waals surface area contributed by atoms with Crippen LogP contribution in [0.2, 0.25) is 0 Å². The van der Waals surface area contributed by atoms with Gasteiger partial charge >= 0.3 is 0 Å². The number of hydrogen-bond acceptors (Lipinski definition) is 3. The topological polar surface area (TPSA) is 61.3 Å². The van der Waals surface area contributed by atoms with Crippen LogP contribution in [0.1, 0.15) is 11.1 Å². The van der Waals surface area contributed by atoms with Gasteiger partial charge in [-0.05, 0) is 23.3 Å². The van der Waals surface area contributed by atoms with Crippen molar-refractivity contribution in [2.75, 3.05) is 7.11 Å². The molecule has 12 heavy (non-hydrogen) atoms. The lowest BCUT2D eigenvalue weighted by atomic mass is 10.1. The van der Waals surface area contributed by atoms with Crippen molar-refractivity contribution in [3.8, 4) is 5.75 Å². The summed E-state index contributed by atoms with van der Waals surface area (Å²) in [7, 11) is 1.64. The standard InChI is InChI=1S/C9H14N2O/c1-12-9-3-2-7(5-10)8(4-9)6-11/h2-4H,5-6,10-11H2,1H3. The van der Waals surface area contributed by atoms with Gasteiger partial charge in [0.25, 0.3) is 0 Å². The van der Waals surface area contributed by atoms with Crippen molar-refractivity contribution >= 4 is 0 Å². The van der Waals surface area contributed by atoms with Crippen LogP contribution in [0.5, 0.6) is 5.75 Å². The molecule has 3 heteroatoms. The summed E-state index contributed by atoms with van der Waals surface area (Å²) in [4.78, 5) is 0. The lowest BCUT2D eigenvalue weighted by molar-refractivity contribution is 0.414. The fourth-order valence-corrected chi connectivity index (χ4v) is 1.12.